The Morgan fingerprint density at radius 3 is 2.76 bits per heavy atom. The molecule has 1 aliphatic rings. The van der Waals surface area contributed by atoms with Crippen LogP contribution in [0, 0.1) is 0 Å². The first-order valence-electron chi connectivity index (χ1n) is 8.44. The highest BCUT2D eigenvalue weighted by molar-refractivity contribution is 7.21. The normalized spacial score (nSPS) is 14.9. The second kappa shape index (κ2) is 6.80. The molecule has 6 heteroatoms. The maximum atomic E-state index is 12.7. The van der Waals surface area contributed by atoms with Crippen molar-refractivity contribution in [3.05, 3.63) is 53.1 Å². The van der Waals surface area contributed by atoms with E-state index in [2.05, 4.69) is 4.98 Å². The molecule has 5 nitrogen and oxygen atoms in total. The van der Waals surface area contributed by atoms with Crippen molar-refractivity contribution in [3.63, 3.8) is 0 Å². The number of fused-ring (bicyclic) bond motifs is 1. The van der Waals surface area contributed by atoms with Gasteiger partial charge in [0.1, 0.15) is 17.5 Å². The molecule has 1 aliphatic carbocycles. The minimum Gasteiger partial charge on any atom is -0.461 e. The van der Waals surface area contributed by atoms with E-state index in [1.54, 1.807) is 0 Å². The smallest absolute Gasteiger partial charge is 0.326 e. The van der Waals surface area contributed by atoms with Crippen molar-refractivity contribution >= 4 is 27.5 Å². The van der Waals surface area contributed by atoms with Gasteiger partial charge in [-0.25, -0.2) is 4.98 Å². The van der Waals surface area contributed by atoms with Gasteiger partial charge in [0.15, 0.2) is 0 Å². The molecule has 0 spiro atoms. The van der Waals surface area contributed by atoms with Crippen LogP contribution in [0.4, 0.5) is 0 Å². The fourth-order valence-electron chi connectivity index (χ4n) is 3.19. The van der Waals surface area contributed by atoms with E-state index in [1.807, 2.05) is 36.4 Å². The predicted molar refractivity (Wildman–Crippen MR) is 97.7 cm³/mol. The second-order valence-corrected chi connectivity index (χ2v) is 7.30. The summed E-state index contributed by atoms with van der Waals surface area (Å²) < 4.78 is 6.77. The summed E-state index contributed by atoms with van der Waals surface area (Å²) in [6.45, 7) is -0.0885. The van der Waals surface area contributed by atoms with Crippen LogP contribution in [0.15, 0.2) is 47.5 Å². The topological polar surface area (TPSA) is 61.2 Å². The van der Waals surface area contributed by atoms with E-state index < -0.39 is 0 Å². The van der Waals surface area contributed by atoms with Gasteiger partial charge in [-0.1, -0.05) is 30.3 Å². The number of nitrogens with zero attached hydrogens (tertiary/aromatic N) is 2. The molecular weight excluding hydrogens is 336 g/mol. The number of hydrogen-bond acceptors (Lipinski definition) is 5. The number of carbonyl (C=O) groups excluding carboxylic acids is 1. The standard InChI is InChI=1S/C19H18N2O3S/c22-17(24-14-8-4-5-9-14)11-21-12-20-18-15(19(21)23)10-16(25-18)13-6-2-1-3-7-13/h1-3,6-7,10,12,14H,4-5,8-9,11H2. The van der Waals surface area contributed by atoms with Crippen LogP contribution in [0.3, 0.4) is 0 Å². The zero-order valence-corrected chi connectivity index (χ0v) is 14.5. The molecule has 1 aromatic carbocycles. The summed E-state index contributed by atoms with van der Waals surface area (Å²) in [5, 5.41) is 0.542. The molecule has 0 unspecified atom stereocenters. The molecule has 0 radical (unpaired) electrons. The number of thiophene rings is 1. The average Bonchev–Trinajstić information content (AvgIpc) is 3.28. The molecule has 0 atom stereocenters. The third kappa shape index (κ3) is 3.35. The molecule has 1 saturated carbocycles. The summed E-state index contributed by atoms with van der Waals surface area (Å²) in [5.74, 6) is -0.367. The number of ether oxygens (including phenoxy) is 1. The van der Waals surface area contributed by atoms with E-state index in [0.717, 1.165) is 36.1 Å². The zero-order valence-electron chi connectivity index (χ0n) is 13.7. The molecule has 0 bridgehead atoms. The summed E-state index contributed by atoms with van der Waals surface area (Å²) in [6, 6.07) is 11.7. The maximum Gasteiger partial charge on any atom is 0.326 e. The van der Waals surface area contributed by atoms with Crippen molar-refractivity contribution < 1.29 is 9.53 Å². The Bertz CT molecular complexity index is 956. The first kappa shape index (κ1) is 16.0. The highest BCUT2D eigenvalue weighted by atomic mass is 32.1. The summed E-state index contributed by atoms with van der Waals surface area (Å²) in [6.07, 6.45) is 5.48. The monoisotopic (exact) mass is 354 g/mol. The van der Waals surface area contributed by atoms with E-state index >= 15 is 0 Å². The number of aromatic nitrogens is 2. The summed E-state index contributed by atoms with van der Waals surface area (Å²) >= 11 is 1.48. The van der Waals surface area contributed by atoms with Gasteiger partial charge in [0.05, 0.1) is 11.7 Å². The molecule has 3 aromatic rings. The van der Waals surface area contributed by atoms with Crippen LogP contribution >= 0.6 is 11.3 Å². The SMILES string of the molecule is O=C(Cn1cnc2sc(-c3ccccc3)cc2c1=O)OC1CCCC1. The van der Waals surface area contributed by atoms with Gasteiger partial charge in [-0.2, -0.15) is 0 Å². The first-order chi connectivity index (χ1) is 12.2. The molecule has 0 saturated heterocycles. The lowest BCUT2D eigenvalue weighted by Crippen LogP contribution is -2.27. The number of carbonyl (C=O) groups is 1. The van der Waals surface area contributed by atoms with Gasteiger partial charge in [-0.05, 0) is 37.3 Å². The van der Waals surface area contributed by atoms with Gasteiger partial charge in [0, 0.05) is 4.88 Å². The van der Waals surface area contributed by atoms with E-state index in [-0.39, 0.29) is 24.2 Å². The van der Waals surface area contributed by atoms with E-state index in [4.69, 9.17) is 4.74 Å². The maximum absolute atomic E-state index is 12.7. The lowest BCUT2D eigenvalue weighted by Gasteiger charge is -2.11. The van der Waals surface area contributed by atoms with Crippen LogP contribution in [0.5, 0.6) is 0 Å². The lowest BCUT2D eigenvalue weighted by atomic mass is 10.2. The van der Waals surface area contributed by atoms with Crippen molar-refractivity contribution in [1.82, 2.24) is 9.55 Å². The van der Waals surface area contributed by atoms with Gasteiger partial charge in [-0.15, -0.1) is 11.3 Å². The fourth-order valence-corrected chi connectivity index (χ4v) is 4.18. The third-order valence-corrected chi connectivity index (χ3v) is 5.57. The second-order valence-electron chi connectivity index (χ2n) is 6.27. The van der Waals surface area contributed by atoms with Gasteiger partial charge in [0.2, 0.25) is 0 Å². The Labute approximate surface area is 148 Å². The quantitative estimate of drug-likeness (QED) is 0.672. The van der Waals surface area contributed by atoms with Gasteiger partial charge >= 0.3 is 5.97 Å². The van der Waals surface area contributed by atoms with Crippen LogP contribution in [0.1, 0.15) is 25.7 Å². The van der Waals surface area contributed by atoms with Crippen molar-refractivity contribution in [2.24, 2.45) is 0 Å². The Morgan fingerprint density at radius 1 is 1.24 bits per heavy atom. The number of rotatable bonds is 4. The largest absolute Gasteiger partial charge is 0.461 e. The van der Waals surface area contributed by atoms with Crippen LogP contribution < -0.4 is 5.56 Å². The Hall–Kier alpha value is -2.47. The van der Waals surface area contributed by atoms with Gasteiger partial charge < -0.3 is 4.74 Å². The van der Waals surface area contributed by atoms with Crippen LogP contribution in [-0.4, -0.2) is 21.6 Å². The van der Waals surface area contributed by atoms with E-state index in [1.165, 1.54) is 22.2 Å². The van der Waals surface area contributed by atoms with Gasteiger partial charge in [0.25, 0.3) is 5.56 Å². The Balaban J connectivity index is 1.59. The zero-order chi connectivity index (χ0) is 17.2. The molecule has 128 valence electrons. The summed E-state index contributed by atoms with van der Waals surface area (Å²) in [4.78, 5) is 30.8. The molecule has 0 amide bonds. The predicted octanol–water partition coefficient (Wildman–Crippen LogP) is 3.61. The Kier molecular flexibility index (Phi) is 4.36. The summed E-state index contributed by atoms with van der Waals surface area (Å²) in [5.41, 5.74) is 0.851. The van der Waals surface area contributed by atoms with Crippen molar-refractivity contribution in [3.8, 4) is 10.4 Å². The highest BCUT2D eigenvalue weighted by Crippen LogP contribution is 2.30. The van der Waals surface area contributed by atoms with Crippen molar-refractivity contribution in [1.29, 1.82) is 0 Å². The van der Waals surface area contributed by atoms with E-state index in [0.29, 0.717) is 10.2 Å². The van der Waals surface area contributed by atoms with E-state index in [9.17, 15) is 9.59 Å². The molecule has 0 aliphatic heterocycles. The first-order valence-corrected chi connectivity index (χ1v) is 9.26. The number of benzene rings is 1. The fraction of sp³-hybridized carbons (Fsp3) is 0.316. The molecule has 2 heterocycles. The van der Waals surface area contributed by atoms with Crippen LogP contribution in [-0.2, 0) is 16.1 Å². The number of esters is 1. The molecule has 1 fully saturated rings. The minimum absolute atomic E-state index is 0.00530. The third-order valence-electron chi connectivity index (χ3n) is 4.48. The molecule has 0 N–H and O–H groups in total. The lowest BCUT2D eigenvalue weighted by molar-refractivity contribution is -0.149. The summed E-state index contributed by atoms with van der Waals surface area (Å²) in [7, 11) is 0. The minimum atomic E-state index is -0.367. The number of hydrogen-bond donors (Lipinski definition) is 0. The average molecular weight is 354 g/mol. The molecule has 2 aromatic heterocycles. The van der Waals surface area contributed by atoms with Crippen molar-refractivity contribution in [2.75, 3.05) is 0 Å². The van der Waals surface area contributed by atoms with Gasteiger partial charge in [-0.3, -0.25) is 14.2 Å². The van der Waals surface area contributed by atoms with Crippen molar-refractivity contribution in [2.45, 2.75) is 38.3 Å². The van der Waals surface area contributed by atoms with Crippen LogP contribution in [0.25, 0.3) is 20.7 Å². The van der Waals surface area contributed by atoms with Crippen LogP contribution in [0.2, 0.25) is 0 Å². The molecular formula is C19H18N2O3S. The Morgan fingerprint density at radius 2 is 2.00 bits per heavy atom. The molecule has 4 rings (SSSR count). The highest BCUT2D eigenvalue weighted by Gasteiger charge is 2.20. The molecule has 25 heavy (non-hydrogen) atoms.